The average Bonchev–Trinajstić information content (AvgIpc) is 2.75. The molecular formula is C21H21N3O6. The van der Waals surface area contributed by atoms with Crippen molar-refractivity contribution < 1.29 is 19.0 Å². The number of hydrogen-bond donors (Lipinski definition) is 2. The van der Waals surface area contributed by atoms with Crippen LogP contribution in [-0.2, 0) is 0 Å². The second-order valence-corrected chi connectivity index (χ2v) is 6.10. The number of methoxy groups -OCH3 is 2. The van der Waals surface area contributed by atoms with Gasteiger partial charge in [0.05, 0.1) is 32.2 Å². The average molecular weight is 411 g/mol. The van der Waals surface area contributed by atoms with Crippen molar-refractivity contribution in [2.75, 3.05) is 26.1 Å². The molecule has 0 radical (unpaired) electrons. The zero-order valence-corrected chi connectivity index (χ0v) is 16.7. The van der Waals surface area contributed by atoms with E-state index in [1.54, 1.807) is 42.5 Å². The van der Waals surface area contributed by atoms with E-state index in [0.29, 0.717) is 35.2 Å². The molecule has 3 aromatic rings. The third kappa shape index (κ3) is 4.19. The number of rotatable bonds is 7. The maximum absolute atomic E-state index is 12.9. The van der Waals surface area contributed by atoms with Gasteiger partial charge in [-0.3, -0.25) is 9.59 Å². The summed E-state index contributed by atoms with van der Waals surface area (Å²) in [6, 6.07) is 11.3. The Balaban J connectivity index is 1.98. The topological polar surface area (TPSA) is 112 Å². The first-order valence-electron chi connectivity index (χ1n) is 9.09. The highest BCUT2D eigenvalue weighted by Crippen LogP contribution is 2.29. The van der Waals surface area contributed by atoms with Gasteiger partial charge < -0.3 is 24.5 Å². The number of anilines is 1. The molecule has 1 aromatic heterocycles. The molecule has 0 fully saturated rings. The Kier molecular flexibility index (Phi) is 6.21. The van der Waals surface area contributed by atoms with E-state index in [2.05, 4.69) is 10.3 Å². The first-order chi connectivity index (χ1) is 14.5. The molecule has 9 nitrogen and oxygen atoms in total. The Morgan fingerprint density at radius 3 is 2.37 bits per heavy atom. The quantitative estimate of drug-likeness (QED) is 0.617. The molecule has 0 unspecified atom stereocenters. The van der Waals surface area contributed by atoms with Gasteiger partial charge in [0.1, 0.15) is 22.8 Å². The predicted octanol–water partition coefficient (Wildman–Crippen LogP) is 2.19. The molecular weight excluding hydrogens is 390 g/mol. The molecule has 0 atom stereocenters. The van der Waals surface area contributed by atoms with Gasteiger partial charge in [0.15, 0.2) is 0 Å². The first-order valence-corrected chi connectivity index (χ1v) is 9.09. The van der Waals surface area contributed by atoms with E-state index in [1.807, 2.05) is 6.92 Å². The Hall–Kier alpha value is -4.01. The van der Waals surface area contributed by atoms with Crippen molar-refractivity contribution in [2.45, 2.75) is 6.92 Å². The minimum Gasteiger partial charge on any atom is -0.497 e. The Morgan fingerprint density at radius 1 is 1.03 bits per heavy atom. The number of nitrogens with zero attached hydrogens (tertiary/aromatic N) is 1. The fourth-order valence-corrected chi connectivity index (χ4v) is 2.83. The van der Waals surface area contributed by atoms with E-state index in [4.69, 9.17) is 14.2 Å². The summed E-state index contributed by atoms with van der Waals surface area (Å²) in [6.07, 6.45) is 1.08. The number of aromatic amines is 1. The summed E-state index contributed by atoms with van der Waals surface area (Å²) >= 11 is 0. The molecule has 0 aliphatic carbocycles. The number of hydrogen-bond acceptors (Lipinski definition) is 6. The maximum atomic E-state index is 12.9. The van der Waals surface area contributed by atoms with Gasteiger partial charge in [0, 0.05) is 12.3 Å². The second kappa shape index (κ2) is 8.99. The summed E-state index contributed by atoms with van der Waals surface area (Å²) in [5.74, 6) is 0.784. The molecule has 156 valence electrons. The lowest BCUT2D eigenvalue weighted by atomic mass is 10.2. The SMILES string of the molecule is CCOc1ccc(-n2c(=O)[nH]cc(C(=O)Nc3cc(OC)ccc3OC)c2=O)cc1. The van der Waals surface area contributed by atoms with Gasteiger partial charge in [-0.15, -0.1) is 0 Å². The summed E-state index contributed by atoms with van der Waals surface area (Å²) in [7, 11) is 2.95. The van der Waals surface area contributed by atoms with Gasteiger partial charge in [-0.25, -0.2) is 9.36 Å². The summed E-state index contributed by atoms with van der Waals surface area (Å²) < 4.78 is 16.6. The smallest absolute Gasteiger partial charge is 0.333 e. The minimum atomic E-state index is -0.762. The molecule has 2 N–H and O–H groups in total. The van der Waals surface area contributed by atoms with Crippen LogP contribution in [-0.4, -0.2) is 36.3 Å². The Labute approximate surface area is 171 Å². The largest absolute Gasteiger partial charge is 0.497 e. The standard InChI is InChI=1S/C21H21N3O6/c1-4-30-14-7-5-13(6-8-14)24-20(26)16(12-22-21(24)27)19(25)23-17-11-15(28-2)9-10-18(17)29-3/h5-12H,4H2,1-3H3,(H,22,27)(H,23,25). The van der Waals surface area contributed by atoms with Crippen LogP contribution >= 0.6 is 0 Å². The monoisotopic (exact) mass is 411 g/mol. The molecule has 0 aliphatic rings. The number of carbonyl (C=O) groups is 1. The number of carbonyl (C=O) groups excluding carboxylic acids is 1. The lowest BCUT2D eigenvalue weighted by Gasteiger charge is -2.12. The number of aromatic nitrogens is 2. The number of nitrogens with one attached hydrogen (secondary N) is 2. The van der Waals surface area contributed by atoms with Crippen LogP contribution in [0.5, 0.6) is 17.2 Å². The molecule has 0 aliphatic heterocycles. The molecule has 0 spiro atoms. The molecule has 3 rings (SSSR count). The number of benzene rings is 2. The van der Waals surface area contributed by atoms with Crippen LogP contribution in [0.2, 0.25) is 0 Å². The summed E-state index contributed by atoms with van der Waals surface area (Å²) in [6.45, 7) is 2.34. The molecule has 0 saturated carbocycles. The van der Waals surface area contributed by atoms with Gasteiger partial charge in [-0.05, 0) is 43.3 Å². The highest BCUT2D eigenvalue weighted by Gasteiger charge is 2.18. The number of amides is 1. The van der Waals surface area contributed by atoms with E-state index in [0.717, 1.165) is 10.8 Å². The van der Waals surface area contributed by atoms with Crippen molar-refractivity contribution in [2.24, 2.45) is 0 Å². The third-order valence-electron chi connectivity index (χ3n) is 4.28. The highest BCUT2D eigenvalue weighted by molar-refractivity contribution is 6.04. The van der Waals surface area contributed by atoms with Gasteiger partial charge in [0.2, 0.25) is 0 Å². The van der Waals surface area contributed by atoms with Gasteiger partial charge in [0.25, 0.3) is 11.5 Å². The third-order valence-corrected chi connectivity index (χ3v) is 4.28. The maximum Gasteiger partial charge on any atom is 0.333 e. The second-order valence-electron chi connectivity index (χ2n) is 6.10. The van der Waals surface area contributed by atoms with Crippen molar-refractivity contribution in [3.8, 4) is 22.9 Å². The van der Waals surface area contributed by atoms with E-state index >= 15 is 0 Å². The van der Waals surface area contributed by atoms with Gasteiger partial charge in [-0.2, -0.15) is 0 Å². The van der Waals surface area contributed by atoms with E-state index < -0.39 is 17.2 Å². The predicted molar refractivity (Wildman–Crippen MR) is 111 cm³/mol. The number of ether oxygens (including phenoxy) is 3. The fraction of sp³-hybridized carbons (Fsp3) is 0.190. The lowest BCUT2D eigenvalue weighted by Crippen LogP contribution is -2.38. The van der Waals surface area contributed by atoms with Crippen LogP contribution < -0.4 is 30.8 Å². The normalized spacial score (nSPS) is 10.4. The highest BCUT2D eigenvalue weighted by atomic mass is 16.5. The molecule has 30 heavy (non-hydrogen) atoms. The first kappa shape index (κ1) is 20.7. The Bertz CT molecular complexity index is 1160. The molecule has 1 amide bonds. The van der Waals surface area contributed by atoms with Crippen LogP contribution in [0.1, 0.15) is 17.3 Å². The molecule has 0 saturated heterocycles. The minimum absolute atomic E-state index is 0.242. The van der Waals surface area contributed by atoms with Crippen LogP contribution in [0.25, 0.3) is 5.69 Å². The van der Waals surface area contributed by atoms with Crippen LogP contribution in [0.15, 0.2) is 58.3 Å². The lowest BCUT2D eigenvalue weighted by molar-refractivity contribution is 0.102. The number of H-pyrrole nitrogens is 1. The van der Waals surface area contributed by atoms with Gasteiger partial charge in [-0.1, -0.05) is 0 Å². The zero-order valence-electron chi connectivity index (χ0n) is 16.7. The summed E-state index contributed by atoms with van der Waals surface area (Å²) in [4.78, 5) is 40.4. The van der Waals surface area contributed by atoms with Crippen molar-refractivity contribution in [3.05, 3.63) is 75.1 Å². The molecule has 9 heteroatoms. The zero-order chi connectivity index (χ0) is 21.7. The summed E-state index contributed by atoms with van der Waals surface area (Å²) in [5, 5.41) is 2.62. The van der Waals surface area contributed by atoms with Crippen molar-refractivity contribution in [1.29, 1.82) is 0 Å². The molecule has 0 bridgehead atoms. The molecule has 1 heterocycles. The van der Waals surface area contributed by atoms with Crippen LogP contribution in [0.4, 0.5) is 5.69 Å². The van der Waals surface area contributed by atoms with Crippen LogP contribution in [0, 0.1) is 0 Å². The van der Waals surface area contributed by atoms with Gasteiger partial charge >= 0.3 is 5.69 Å². The van der Waals surface area contributed by atoms with Crippen molar-refractivity contribution in [3.63, 3.8) is 0 Å². The van der Waals surface area contributed by atoms with Crippen LogP contribution in [0.3, 0.4) is 0 Å². The van der Waals surface area contributed by atoms with E-state index in [9.17, 15) is 14.4 Å². The molecule has 2 aromatic carbocycles. The van der Waals surface area contributed by atoms with E-state index in [1.165, 1.54) is 14.2 Å². The summed E-state index contributed by atoms with van der Waals surface area (Å²) in [5.41, 5.74) is -1.05. The fourth-order valence-electron chi connectivity index (χ4n) is 2.83. The van der Waals surface area contributed by atoms with E-state index in [-0.39, 0.29) is 5.56 Å². The van der Waals surface area contributed by atoms with Crippen molar-refractivity contribution in [1.82, 2.24) is 9.55 Å². The van der Waals surface area contributed by atoms with Crippen molar-refractivity contribution >= 4 is 11.6 Å². The Morgan fingerprint density at radius 2 is 1.73 bits per heavy atom.